The molecule has 3 rings (SSSR count). The Kier molecular flexibility index (Phi) is 3.41. The Balaban J connectivity index is 1.90. The molecule has 21 heavy (non-hydrogen) atoms. The predicted molar refractivity (Wildman–Crippen MR) is 78.8 cm³/mol. The van der Waals surface area contributed by atoms with Crippen LogP contribution in [0.25, 0.3) is 16.9 Å². The van der Waals surface area contributed by atoms with Crippen LogP contribution in [0.5, 0.6) is 0 Å². The summed E-state index contributed by atoms with van der Waals surface area (Å²) in [5.41, 5.74) is 2.60. The van der Waals surface area contributed by atoms with Crippen molar-refractivity contribution in [2.24, 2.45) is 0 Å². The predicted octanol–water partition coefficient (Wildman–Crippen LogP) is 3.29. The lowest BCUT2D eigenvalue weighted by molar-refractivity contribution is 0.0697. The Bertz CT molecular complexity index is 779. The lowest BCUT2D eigenvalue weighted by Crippen LogP contribution is -1.98. The molecule has 0 aliphatic heterocycles. The molecule has 104 valence electrons. The van der Waals surface area contributed by atoms with Gasteiger partial charge >= 0.3 is 5.97 Å². The van der Waals surface area contributed by atoms with Crippen LogP contribution < -0.4 is 0 Å². The number of aromatic carboxylic acids is 1. The minimum atomic E-state index is -0.956. The van der Waals surface area contributed by atoms with Crippen molar-refractivity contribution in [3.8, 4) is 16.9 Å². The van der Waals surface area contributed by atoms with Crippen LogP contribution in [0, 0.1) is 0 Å². The Morgan fingerprint density at radius 3 is 2.33 bits per heavy atom. The van der Waals surface area contributed by atoms with Gasteiger partial charge in [0.2, 0.25) is 0 Å². The average molecular weight is 300 g/mol. The Morgan fingerprint density at radius 1 is 1.05 bits per heavy atom. The molecule has 0 aliphatic carbocycles. The molecule has 0 bridgehead atoms. The zero-order valence-corrected chi connectivity index (χ0v) is 11.5. The van der Waals surface area contributed by atoms with Gasteiger partial charge in [0, 0.05) is 10.6 Å². The molecule has 6 heteroatoms. The number of benzene rings is 2. The van der Waals surface area contributed by atoms with Crippen LogP contribution in [0.4, 0.5) is 0 Å². The number of aromatic nitrogens is 3. The summed E-state index contributed by atoms with van der Waals surface area (Å²) in [6, 6.07) is 13.7. The van der Waals surface area contributed by atoms with Gasteiger partial charge in [-0.1, -0.05) is 28.9 Å². The van der Waals surface area contributed by atoms with E-state index in [9.17, 15) is 4.79 Å². The van der Waals surface area contributed by atoms with Gasteiger partial charge in [-0.25, -0.2) is 9.48 Å². The van der Waals surface area contributed by atoms with E-state index in [4.69, 9.17) is 16.7 Å². The highest BCUT2D eigenvalue weighted by Crippen LogP contribution is 2.20. The van der Waals surface area contributed by atoms with Crippen molar-refractivity contribution in [2.75, 3.05) is 0 Å². The molecular weight excluding hydrogens is 290 g/mol. The monoisotopic (exact) mass is 299 g/mol. The summed E-state index contributed by atoms with van der Waals surface area (Å²) in [6.45, 7) is 0. The number of carboxylic acids is 1. The van der Waals surface area contributed by atoms with E-state index in [-0.39, 0.29) is 5.56 Å². The topological polar surface area (TPSA) is 68.0 Å². The van der Waals surface area contributed by atoms with E-state index in [1.165, 1.54) is 12.1 Å². The Hall–Kier alpha value is -2.66. The molecule has 5 nitrogen and oxygen atoms in total. The first-order valence-electron chi connectivity index (χ1n) is 6.15. The van der Waals surface area contributed by atoms with E-state index < -0.39 is 5.97 Å². The number of halogens is 1. The first kappa shape index (κ1) is 13.3. The largest absolute Gasteiger partial charge is 0.478 e. The highest BCUT2D eigenvalue weighted by atomic mass is 35.5. The molecule has 3 aromatic rings. The fourth-order valence-electron chi connectivity index (χ4n) is 1.90. The van der Waals surface area contributed by atoms with Gasteiger partial charge in [-0.05, 0) is 36.4 Å². The van der Waals surface area contributed by atoms with Crippen molar-refractivity contribution >= 4 is 17.6 Å². The quantitative estimate of drug-likeness (QED) is 0.806. The van der Waals surface area contributed by atoms with Gasteiger partial charge in [-0.3, -0.25) is 0 Å². The van der Waals surface area contributed by atoms with E-state index in [0.29, 0.717) is 10.7 Å². The first-order chi connectivity index (χ1) is 10.1. The molecule has 0 amide bonds. The zero-order chi connectivity index (χ0) is 14.8. The first-order valence-corrected chi connectivity index (χ1v) is 6.53. The van der Waals surface area contributed by atoms with E-state index in [0.717, 1.165) is 11.3 Å². The van der Waals surface area contributed by atoms with Crippen LogP contribution in [-0.4, -0.2) is 26.1 Å². The van der Waals surface area contributed by atoms with Gasteiger partial charge in [0.15, 0.2) is 0 Å². The average Bonchev–Trinajstić information content (AvgIpc) is 2.98. The van der Waals surface area contributed by atoms with E-state index in [1.54, 1.807) is 35.1 Å². The van der Waals surface area contributed by atoms with Crippen molar-refractivity contribution in [3.05, 3.63) is 65.3 Å². The molecule has 0 radical (unpaired) electrons. The maximum Gasteiger partial charge on any atom is 0.335 e. The normalized spacial score (nSPS) is 10.5. The third-order valence-electron chi connectivity index (χ3n) is 3.01. The van der Waals surface area contributed by atoms with Gasteiger partial charge in [0.05, 0.1) is 17.4 Å². The molecule has 0 fully saturated rings. The lowest BCUT2D eigenvalue weighted by Gasteiger charge is -2.00. The molecule has 1 aromatic heterocycles. The third-order valence-corrected chi connectivity index (χ3v) is 3.26. The molecular formula is C15H10ClN3O2. The van der Waals surface area contributed by atoms with Crippen LogP contribution in [-0.2, 0) is 0 Å². The van der Waals surface area contributed by atoms with Gasteiger partial charge in [0.1, 0.15) is 5.69 Å². The van der Waals surface area contributed by atoms with E-state index >= 15 is 0 Å². The van der Waals surface area contributed by atoms with Crippen LogP contribution >= 0.6 is 11.6 Å². The van der Waals surface area contributed by atoms with Gasteiger partial charge in [0.25, 0.3) is 0 Å². The highest BCUT2D eigenvalue weighted by Gasteiger charge is 2.07. The van der Waals surface area contributed by atoms with Gasteiger partial charge < -0.3 is 5.11 Å². The SMILES string of the molecule is O=C(O)c1ccc(-n2cc(-c3ccc(Cl)cc3)nn2)cc1. The number of hydrogen-bond donors (Lipinski definition) is 1. The summed E-state index contributed by atoms with van der Waals surface area (Å²) in [5, 5.41) is 17.7. The molecule has 2 aromatic carbocycles. The van der Waals surface area contributed by atoms with Crippen molar-refractivity contribution in [1.29, 1.82) is 0 Å². The fourth-order valence-corrected chi connectivity index (χ4v) is 2.03. The standard InChI is InChI=1S/C15H10ClN3O2/c16-12-5-1-10(2-6-12)14-9-19(18-17-14)13-7-3-11(4-8-13)15(20)21/h1-9H,(H,20,21). The van der Waals surface area contributed by atoms with Crippen molar-refractivity contribution in [3.63, 3.8) is 0 Å². The number of carbonyl (C=O) groups is 1. The molecule has 1 N–H and O–H groups in total. The minimum Gasteiger partial charge on any atom is -0.478 e. The van der Waals surface area contributed by atoms with Crippen LogP contribution in [0.3, 0.4) is 0 Å². The van der Waals surface area contributed by atoms with Gasteiger partial charge in [-0.2, -0.15) is 0 Å². The van der Waals surface area contributed by atoms with Crippen LogP contribution in [0.1, 0.15) is 10.4 Å². The number of rotatable bonds is 3. The molecule has 0 unspecified atom stereocenters. The van der Waals surface area contributed by atoms with Gasteiger partial charge in [-0.15, -0.1) is 5.10 Å². The maximum atomic E-state index is 10.8. The summed E-state index contributed by atoms with van der Waals surface area (Å²) in [4.78, 5) is 10.8. The van der Waals surface area contributed by atoms with Crippen LogP contribution in [0.15, 0.2) is 54.7 Å². The summed E-state index contributed by atoms with van der Waals surface area (Å²) in [5.74, 6) is -0.956. The third kappa shape index (κ3) is 2.78. The Labute approximate surface area is 125 Å². The minimum absolute atomic E-state index is 0.233. The molecule has 0 spiro atoms. The van der Waals surface area contributed by atoms with E-state index in [2.05, 4.69) is 10.3 Å². The van der Waals surface area contributed by atoms with E-state index in [1.807, 2.05) is 12.1 Å². The highest BCUT2D eigenvalue weighted by molar-refractivity contribution is 6.30. The number of carboxylic acid groups (broad SMARTS) is 1. The zero-order valence-electron chi connectivity index (χ0n) is 10.8. The molecule has 0 saturated heterocycles. The van der Waals surface area contributed by atoms with Crippen molar-refractivity contribution in [2.45, 2.75) is 0 Å². The second kappa shape index (κ2) is 5.38. The number of hydrogen-bond acceptors (Lipinski definition) is 3. The second-order valence-corrected chi connectivity index (χ2v) is 4.84. The summed E-state index contributed by atoms with van der Waals surface area (Å²) < 4.78 is 1.59. The maximum absolute atomic E-state index is 10.8. The molecule has 0 saturated carbocycles. The Morgan fingerprint density at radius 2 is 1.71 bits per heavy atom. The summed E-state index contributed by atoms with van der Waals surface area (Å²) in [6.07, 6.45) is 1.78. The number of nitrogens with zero attached hydrogens (tertiary/aromatic N) is 3. The molecule has 1 heterocycles. The molecule has 0 aliphatic rings. The molecule has 0 atom stereocenters. The second-order valence-electron chi connectivity index (χ2n) is 4.41. The lowest BCUT2D eigenvalue weighted by atomic mass is 10.2. The summed E-state index contributed by atoms with van der Waals surface area (Å²) >= 11 is 5.85. The smallest absolute Gasteiger partial charge is 0.335 e. The van der Waals surface area contributed by atoms with Crippen molar-refractivity contribution in [1.82, 2.24) is 15.0 Å². The fraction of sp³-hybridized carbons (Fsp3) is 0. The summed E-state index contributed by atoms with van der Waals surface area (Å²) in [7, 11) is 0. The van der Waals surface area contributed by atoms with Crippen LogP contribution in [0.2, 0.25) is 5.02 Å². The van der Waals surface area contributed by atoms with Crippen molar-refractivity contribution < 1.29 is 9.90 Å².